The molecule has 224 valence electrons. The molecule has 3 unspecified atom stereocenters. The minimum atomic E-state index is -1.01. The highest BCUT2D eigenvalue weighted by atomic mass is 31.0. The van der Waals surface area contributed by atoms with Crippen LogP contribution in [0, 0.1) is 12.8 Å². The number of carboxylic acid groups (broad SMARTS) is 1. The second kappa shape index (κ2) is 16.8. The molecule has 1 amide bonds. The normalized spacial score (nSPS) is 15.4. The molecule has 0 spiro atoms. The predicted molar refractivity (Wildman–Crippen MR) is 174 cm³/mol. The monoisotopic (exact) mass is 578 g/mol. The van der Waals surface area contributed by atoms with Crippen LogP contribution in [0.15, 0.2) is 54.1 Å². The summed E-state index contributed by atoms with van der Waals surface area (Å²) in [7, 11) is 4.79. The van der Waals surface area contributed by atoms with E-state index in [1.165, 1.54) is 62.5 Å². The number of rotatable bonds is 15. The molecule has 1 fully saturated rings. The van der Waals surface area contributed by atoms with Gasteiger partial charge in [-0.25, -0.2) is 4.79 Å². The summed E-state index contributed by atoms with van der Waals surface area (Å²) in [6.07, 6.45) is 14.9. The maximum atomic E-state index is 13.4. The van der Waals surface area contributed by atoms with E-state index < -0.39 is 12.0 Å². The van der Waals surface area contributed by atoms with E-state index in [4.69, 9.17) is 0 Å². The van der Waals surface area contributed by atoms with Crippen LogP contribution in [0.25, 0.3) is 11.1 Å². The molecule has 1 aliphatic rings. The van der Waals surface area contributed by atoms with Gasteiger partial charge in [-0.2, -0.15) is 0 Å². The zero-order valence-corrected chi connectivity index (χ0v) is 26.8. The molecule has 6 heteroatoms. The number of carbonyl (C=O) groups is 2. The lowest BCUT2D eigenvalue weighted by Crippen LogP contribution is -2.41. The maximum Gasteiger partial charge on any atom is 0.326 e. The van der Waals surface area contributed by atoms with Gasteiger partial charge in [0.25, 0.3) is 5.91 Å². The summed E-state index contributed by atoms with van der Waals surface area (Å²) < 4.78 is 0. The maximum absolute atomic E-state index is 13.4. The number of nitrogens with one attached hydrogen (secondary N) is 1. The Morgan fingerprint density at radius 1 is 1.07 bits per heavy atom. The number of hydrogen-bond donors (Lipinski definition) is 2. The molecule has 0 heterocycles. The minimum absolute atomic E-state index is 0.344. The molecule has 0 saturated heterocycles. The van der Waals surface area contributed by atoms with Crippen molar-refractivity contribution in [2.45, 2.75) is 104 Å². The van der Waals surface area contributed by atoms with Gasteiger partial charge in [0.2, 0.25) is 0 Å². The van der Waals surface area contributed by atoms with E-state index in [2.05, 4.69) is 65.5 Å². The Balaban J connectivity index is 1.86. The fourth-order valence-electron chi connectivity index (χ4n) is 6.13. The van der Waals surface area contributed by atoms with E-state index in [9.17, 15) is 14.7 Å². The number of carbonyl (C=O) groups excluding carboxylic acids is 1. The topological polar surface area (TPSA) is 69.6 Å². The van der Waals surface area contributed by atoms with E-state index in [1.807, 2.05) is 30.3 Å². The Kier molecular flexibility index (Phi) is 13.6. The first-order chi connectivity index (χ1) is 19.7. The van der Waals surface area contributed by atoms with Crippen LogP contribution in [-0.4, -0.2) is 47.2 Å². The molecule has 2 N–H and O–H groups in total. The molecule has 41 heavy (non-hydrogen) atoms. The summed E-state index contributed by atoms with van der Waals surface area (Å²) in [5.74, 6) is -0.537. The lowest BCUT2D eigenvalue weighted by molar-refractivity contribution is -0.139. The van der Waals surface area contributed by atoms with Crippen molar-refractivity contribution in [2.24, 2.45) is 5.92 Å². The van der Waals surface area contributed by atoms with Gasteiger partial charge in [0.15, 0.2) is 0 Å². The molecule has 1 aliphatic carbocycles. The summed E-state index contributed by atoms with van der Waals surface area (Å²) in [5, 5.41) is 12.4. The highest BCUT2D eigenvalue weighted by Gasteiger charge is 2.24. The third-order valence-corrected chi connectivity index (χ3v) is 8.84. The number of allylic oxidation sites excluding steroid dienone is 2. The zero-order chi connectivity index (χ0) is 29.8. The lowest BCUT2D eigenvalue weighted by Gasteiger charge is -2.33. The van der Waals surface area contributed by atoms with Crippen molar-refractivity contribution in [1.29, 1.82) is 0 Å². The molecule has 3 rings (SSSR count). The van der Waals surface area contributed by atoms with E-state index >= 15 is 0 Å². The number of hydrogen-bond acceptors (Lipinski definition) is 3. The van der Waals surface area contributed by atoms with Crippen molar-refractivity contribution in [3.8, 4) is 11.1 Å². The average molecular weight is 579 g/mol. The molecule has 0 aromatic heterocycles. The van der Waals surface area contributed by atoms with Gasteiger partial charge in [-0.1, -0.05) is 74.1 Å². The van der Waals surface area contributed by atoms with Crippen molar-refractivity contribution in [2.75, 3.05) is 13.2 Å². The van der Waals surface area contributed by atoms with Crippen molar-refractivity contribution >= 4 is 21.1 Å². The Morgan fingerprint density at radius 3 is 2.46 bits per heavy atom. The summed E-state index contributed by atoms with van der Waals surface area (Å²) in [6, 6.07) is 13.8. The van der Waals surface area contributed by atoms with Gasteiger partial charge in [-0.3, -0.25) is 9.69 Å². The molecule has 5 nitrogen and oxygen atoms in total. The van der Waals surface area contributed by atoms with Crippen LogP contribution in [0.4, 0.5) is 0 Å². The quantitative estimate of drug-likeness (QED) is 0.128. The fourth-order valence-corrected chi connectivity index (χ4v) is 6.47. The van der Waals surface area contributed by atoms with Crippen LogP contribution in [0.2, 0.25) is 0 Å². The van der Waals surface area contributed by atoms with Crippen molar-refractivity contribution in [3.63, 3.8) is 0 Å². The van der Waals surface area contributed by atoms with Gasteiger partial charge < -0.3 is 10.4 Å². The average Bonchev–Trinajstić information content (AvgIpc) is 2.95. The van der Waals surface area contributed by atoms with Gasteiger partial charge in [0.05, 0.1) is 0 Å². The van der Waals surface area contributed by atoms with Gasteiger partial charge >= 0.3 is 5.97 Å². The zero-order valence-electron chi connectivity index (χ0n) is 25.6. The molecule has 2 aromatic rings. The summed E-state index contributed by atoms with van der Waals surface area (Å²) in [6.45, 7) is 7.21. The van der Waals surface area contributed by atoms with Crippen molar-refractivity contribution in [1.82, 2.24) is 10.2 Å². The Morgan fingerprint density at radius 2 is 1.80 bits per heavy atom. The third kappa shape index (κ3) is 10.4. The molecule has 0 aliphatic heterocycles. The molecule has 2 aromatic carbocycles. The highest BCUT2D eigenvalue weighted by Crippen LogP contribution is 2.32. The highest BCUT2D eigenvalue weighted by molar-refractivity contribution is 7.16. The Hall–Kier alpha value is -2.49. The first kappa shape index (κ1) is 33.0. The Bertz CT molecular complexity index is 1170. The lowest BCUT2D eigenvalue weighted by atomic mass is 9.83. The number of benzene rings is 2. The van der Waals surface area contributed by atoms with Gasteiger partial charge in [0, 0.05) is 18.2 Å². The predicted octanol–water partition coefficient (Wildman–Crippen LogP) is 8.02. The molecule has 0 bridgehead atoms. The summed E-state index contributed by atoms with van der Waals surface area (Å²) in [4.78, 5) is 27.7. The number of amides is 1. The van der Waals surface area contributed by atoms with Crippen molar-refractivity contribution < 1.29 is 14.7 Å². The van der Waals surface area contributed by atoms with Crippen LogP contribution >= 0.6 is 9.24 Å². The van der Waals surface area contributed by atoms with Gasteiger partial charge in [0.1, 0.15) is 6.04 Å². The number of nitrogens with zero attached hydrogens (tertiary/aromatic N) is 1. The first-order valence-electron chi connectivity index (χ1n) is 15.5. The number of aliphatic carboxylic acids is 1. The molecular weight excluding hydrogens is 527 g/mol. The molecule has 1 saturated carbocycles. The van der Waals surface area contributed by atoms with Crippen LogP contribution in [-0.2, 0) is 11.3 Å². The summed E-state index contributed by atoms with van der Waals surface area (Å²) in [5.41, 5.74) is 6.01. The number of carboxylic acids is 1. The first-order valence-corrected chi connectivity index (χ1v) is 16.3. The molecule has 3 atom stereocenters. The number of unbranched alkanes of at least 4 members (excludes halogenated alkanes) is 1. The van der Waals surface area contributed by atoms with Crippen LogP contribution < -0.4 is 5.32 Å². The van der Waals surface area contributed by atoms with E-state index in [-0.39, 0.29) is 5.91 Å². The van der Waals surface area contributed by atoms with Gasteiger partial charge in [-0.05, 0) is 106 Å². The van der Waals surface area contributed by atoms with E-state index in [0.29, 0.717) is 24.2 Å². The summed E-state index contributed by atoms with van der Waals surface area (Å²) >= 11 is 0. The van der Waals surface area contributed by atoms with Crippen LogP contribution in [0.3, 0.4) is 0 Å². The second-order valence-electron chi connectivity index (χ2n) is 12.2. The fraction of sp³-hybridized carbons (Fsp3) is 0.543. The number of aryl methyl sites for hydroxylation is 1. The third-order valence-electron chi connectivity index (χ3n) is 8.50. The van der Waals surface area contributed by atoms with Crippen LogP contribution in [0.5, 0.6) is 0 Å². The smallest absolute Gasteiger partial charge is 0.326 e. The second-order valence-corrected chi connectivity index (χ2v) is 12.7. The van der Waals surface area contributed by atoms with Crippen LogP contribution in [0.1, 0.15) is 99.5 Å². The minimum Gasteiger partial charge on any atom is -0.480 e. The molecular formula is C35H51N2O3P. The van der Waals surface area contributed by atoms with Gasteiger partial charge in [-0.15, -0.1) is 9.24 Å². The van der Waals surface area contributed by atoms with E-state index in [0.717, 1.165) is 35.6 Å². The SMILES string of the molecule is CC(C)=CCCCC(CC1CCCCC1)N(C)Cc1ccc(C(=O)NC(CCP)C(=O)O)c(-c2ccccc2C)c1. The standard InChI is InChI=1S/C35H51N2O3P/c1-25(2)12-8-10-16-29(22-27-14-6-5-7-15-27)37(4)24-28-18-19-31(34(38)36-33(20-21-41)35(39)40)32(23-28)30-17-11-9-13-26(30)3/h9,11-13,17-19,23,27,29,33H,5-8,10,14-16,20-22,24,41H2,1-4H3,(H,36,38)(H,39,40). The van der Waals surface area contributed by atoms with E-state index in [1.54, 1.807) is 0 Å². The van der Waals surface area contributed by atoms with Crippen molar-refractivity contribution in [3.05, 3.63) is 70.8 Å². The largest absolute Gasteiger partial charge is 0.480 e. The Labute approximate surface area is 250 Å². The molecule has 0 radical (unpaired) electrons.